The second-order valence-corrected chi connectivity index (χ2v) is 4.65. The minimum atomic E-state index is 0.493. The zero-order chi connectivity index (χ0) is 12.1. The number of pyridine rings is 1. The van der Waals surface area contributed by atoms with Gasteiger partial charge in [-0.05, 0) is 38.4 Å². The summed E-state index contributed by atoms with van der Waals surface area (Å²) < 4.78 is 5.39. The highest BCUT2D eigenvalue weighted by atomic mass is 16.5. The van der Waals surface area contributed by atoms with Crippen LogP contribution < -0.4 is 4.74 Å². The van der Waals surface area contributed by atoms with Gasteiger partial charge in [0.05, 0.1) is 7.11 Å². The van der Waals surface area contributed by atoms with E-state index < -0.39 is 0 Å². The van der Waals surface area contributed by atoms with E-state index in [1.807, 2.05) is 6.07 Å². The van der Waals surface area contributed by atoms with Gasteiger partial charge in [-0.15, -0.1) is 0 Å². The summed E-state index contributed by atoms with van der Waals surface area (Å²) in [6, 6.07) is 4.66. The predicted molar refractivity (Wildman–Crippen MR) is 69.2 cm³/mol. The highest BCUT2D eigenvalue weighted by Crippen LogP contribution is 2.34. The van der Waals surface area contributed by atoms with Crippen molar-refractivity contribution in [1.82, 2.24) is 9.88 Å². The summed E-state index contributed by atoms with van der Waals surface area (Å²) in [4.78, 5) is 6.89. The summed E-state index contributed by atoms with van der Waals surface area (Å²) >= 11 is 0. The van der Waals surface area contributed by atoms with Crippen LogP contribution in [0.3, 0.4) is 0 Å². The minimum absolute atomic E-state index is 0.493. The fourth-order valence-corrected chi connectivity index (χ4v) is 2.73. The molecule has 2 rings (SSSR count). The van der Waals surface area contributed by atoms with Crippen LogP contribution in [-0.4, -0.2) is 30.1 Å². The fourth-order valence-electron chi connectivity index (χ4n) is 2.73. The van der Waals surface area contributed by atoms with Crippen LogP contribution in [0, 0.1) is 0 Å². The summed E-state index contributed by atoms with van der Waals surface area (Å²) in [7, 11) is 1.71. The van der Waals surface area contributed by atoms with Crippen LogP contribution in [0.25, 0.3) is 0 Å². The third-order valence-electron chi connectivity index (χ3n) is 3.48. The van der Waals surface area contributed by atoms with E-state index in [1.165, 1.54) is 44.3 Å². The normalized spacial score (nSPS) is 21.4. The summed E-state index contributed by atoms with van der Waals surface area (Å²) in [5.74, 6) is 0.792. The van der Waals surface area contributed by atoms with Crippen LogP contribution in [0.4, 0.5) is 0 Å². The van der Waals surface area contributed by atoms with Gasteiger partial charge in [-0.2, -0.15) is 0 Å². The highest BCUT2D eigenvalue weighted by molar-refractivity contribution is 5.29. The van der Waals surface area contributed by atoms with Gasteiger partial charge in [0.2, 0.25) is 5.88 Å². The Hall–Kier alpha value is -1.09. The summed E-state index contributed by atoms with van der Waals surface area (Å²) in [6.07, 6.45) is 6.86. The standard InChI is InChI=1S/C14H22N2O/c1-3-10-16-11-5-4-8-13(16)12-7-6-9-15-14(12)17-2/h6-7,9,13H,3-5,8,10-11H2,1-2H3/t13-/m0/s1. The van der Waals surface area contributed by atoms with Gasteiger partial charge in [-0.1, -0.05) is 19.4 Å². The predicted octanol–water partition coefficient (Wildman–Crippen LogP) is 3.03. The van der Waals surface area contributed by atoms with Crippen molar-refractivity contribution < 1.29 is 4.74 Å². The Morgan fingerprint density at radius 1 is 1.47 bits per heavy atom. The quantitative estimate of drug-likeness (QED) is 0.800. The summed E-state index contributed by atoms with van der Waals surface area (Å²) in [5.41, 5.74) is 1.25. The van der Waals surface area contributed by atoms with Crippen molar-refractivity contribution in [3.63, 3.8) is 0 Å². The number of hydrogen-bond donors (Lipinski definition) is 0. The van der Waals surface area contributed by atoms with Crippen molar-refractivity contribution in [3.05, 3.63) is 23.9 Å². The first-order valence-electron chi connectivity index (χ1n) is 6.59. The molecule has 2 heterocycles. The van der Waals surface area contributed by atoms with Crippen molar-refractivity contribution >= 4 is 0 Å². The monoisotopic (exact) mass is 234 g/mol. The molecule has 17 heavy (non-hydrogen) atoms. The lowest BCUT2D eigenvalue weighted by molar-refractivity contribution is 0.145. The second-order valence-electron chi connectivity index (χ2n) is 4.65. The van der Waals surface area contributed by atoms with Crippen LogP contribution in [0.5, 0.6) is 5.88 Å². The van der Waals surface area contributed by atoms with Gasteiger partial charge in [0.15, 0.2) is 0 Å². The Morgan fingerprint density at radius 3 is 3.12 bits per heavy atom. The molecule has 1 aromatic heterocycles. The number of aromatic nitrogens is 1. The zero-order valence-corrected chi connectivity index (χ0v) is 10.9. The molecule has 0 radical (unpaired) electrons. The third kappa shape index (κ3) is 2.78. The van der Waals surface area contributed by atoms with Crippen LogP contribution >= 0.6 is 0 Å². The topological polar surface area (TPSA) is 25.4 Å². The molecule has 0 amide bonds. The first-order chi connectivity index (χ1) is 8.36. The Labute approximate surface area is 104 Å². The van der Waals surface area contributed by atoms with E-state index in [2.05, 4.69) is 22.9 Å². The molecular weight excluding hydrogens is 212 g/mol. The number of rotatable bonds is 4. The van der Waals surface area contributed by atoms with E-state index in [-0.39, 0.29) is 0 Å². The highest BCUT2D eigenvalue weighted by Gasteiger charge is 2.25. The van der Waals surface area contributed by atoms with Gasteiger partial charge in [-0.25, -0.2) is 4.98 Å². The molecule has 0 bridgehead atoms. The molecule has 1 aromatic rings. The molecule has 3 nitrogen and oxygen atoms in total. The van der Waals surface area contributed by atoms with Gasteiger partial charge >= 0.3 is 0 Å². The molecule has 0 saturated carbocycles. The number of piperidine rings is 1. The molecule has 0 unspecified atom stereocenters. The maximum absolute atomic E-state index is 5.39. The van der Waals surface area contributed by atoms with Crippen LogP contribution in [0.1, 0.15) is 44.2 Å². The maximum atomic E-state index is 5.39. The molecule has 1 aliphatic rings. The van der Waals surface area contributed by atoms with E-state index in [0.29, 0.717) is 6.04 Å². The largest absolute Gasteiger partial charge is 0.481 e. The van der Waals surface area contributed by atoms with E-state index in [9.17, 15) is 0 Å². The van der Waals surface area contributed by atoms with Crippen molar-refractivity contribution in [3.8, 4) is 5.88 Å². The Morgan fingerprint density at radius 2 is 2.35 bits per heavy atom. The molecule has 1 aliphatic heterocycles. The molecule has 1 fully saturated rings. The van der Waals surface area contributed by atoms with Gasteiger partial charge in [0.1, 0.15) is 0 Å². The first kappa shape index (κ1) is 12.4. The van der Waals surface area contributed by atoms with Crippen LogP contribution in [0.2, 0.25) is 0 Å². The molecule has 0 N–H and O–H groups in total. The van der Waals surface area contributed by atoms with Gasteiger partial charge in [-0.3, -0.25) is 4.90 Å². The Kier molecular flexibility index (Phi) is 4.37. The number of likely N-dealkylation sites (tertiary alicyclic amines) is 1. The first-order valence-corrected chi connectivity index (χ1v) is 6.59. The van der Waals surface area contributed by atoms with Gasteiger partial charge < -0.3 is 4.74 Å². The molecular formula is C14H22N2O. The minimum Gasteiger partial charge on any atom is -0.481 e. The average Bonchev–Trinajstić information content (AvgIpc) is 2.40. The SMILES string of the molecule is CCCN1CCCC[C@H]1c1cccnc1OC. The van der Waals surface area contributed by atoms with Gasteiger partial charge in [0, 0.05) is 17.8 Å². The molecule has 1 atom stereocenters. The van der Waals surface area contributed by atoms with Crippen molar-refractivity contribution in [1.29, 1.82) is 0 Å². The Balaban J connectivity index is 2.22. The van der Waals surface area contributed by atoms with Crippen LogP contribution in [-0.2, 0) is 0 Å². The molecule has 0 aliphatic carbocycles. The number of nitrogens with zero attached hydrogens (tertiary/aromatic N) is 2. The van der Waals surface area contributed by atoms with E-state index >= 15 is 0 Å². The van der Waals surface area contributed by atoms with E-state index in [0.717, 1.165) is 5.88 Å². The summed E-state index contributed by atoms with van der Waals surface area (Å²) in [6.45, 7) is 4.62. The lowest BCUT2D eigenvalue weighted by Gasteiger charge is -2.36. The zero-order valence-electron chi connectivity index (χ0n) is 10.9. The molecule has 0 spiro atoms. The molecule has 1 saturated heterocycles. The number of hydrogen-bond acceptors (Lipinski definition) is 3. The van der Waals surface area contributed by atoms with Crippen molar-refractivity contribution in [2.24, 2.45) is 0 Å². The molecule has 3 heteroatoms. The average molecular weight is 234 g/mol. The Bertz CT molecular complexity index is 352. The maximum Gasteiger partial charge on any atom is 0.217 e. The lowest BCUT2D eigenvalue weighted by Crippen LogP contribution is -2.34. The van der Waals surface area contributed by atoms with Crippen molar-refractivity contribution in [2.45, 2.75) is 38.6 Å². The summed E-state index contributed by atoms with van der Waals surface area (Å²) in [5, 5.41) is 0. The molecule has 94 valence electrons. The fraction of sp³-hybridized carbons (Fsp3) is 0.643. The third-order valence-corrected chi connectivity index (χ3v) is 3.48. The lowest BCUT2D eigenvalue weighted by atomic mass is 9.96. The second kappa shape index (κ2) is 6.01. The molecule has 0 aromatic carbocycles. The van der Waals surface area contributed by atoms with Crippen LogP contribution in [0.15, 0.2) is 18.3 Å². The number of methoxy groups -OCH3 is 1. The van der Waals surface area contributed by atoms with Gasteiger partial charge in [0.25, 0.3) is 0 Å². The number of ether oxygens (including phenoxy) is 1. The van der Waals surface area contributed by atoms with Crippen molar-refractivity contribution in [2.75, 3.05) is 20.2 Å². The van der Waals surface area contributed by atoms with E-state index in [1.54, 1.807) is 13.3 Å². The smallest absolute Gasteiger partial charge is 0.217 e. The van der Waals surface area contributed by atoms with E-state index in [4.69, 9.17) is 4.74 Å².